The van der Waals surface area contributed by atoms with Crippen LogP contribution in [0.5, 0.6) is 0 Å². The first-order chi connectivity index (χ1) is 10.6. The molecule has 1 aliphatic rings. The van der Waals surface area contributed by atoms with Crippen molar-refractivity contribution >= 4 is 11.7 Å². The number of anilines is 1. The van der Waals surface area contributed by atoms with Crippen LogP contribution in [0.1, 0.15) is 41.4 Å². The molecule has 1 N–H and O–H groups in total. The van der Waals surface area contributed by atoms with E-state index in [0.717, 1.165) is 11.1 Å². The number of amides is 1. The van der Waals surface area contributed by atoms with Crippen molar-refractivity contribution in [2.45, 2.75) is 26.4 Å². The van der Waals surface area contributed by atoms with Crippen molar-refractivity contribution in [2.75, 3.05) is 11.9 Å². The second-order valence-electron chi connectivity index (χ2n) is 5.34. The van der Waals surface area contributed by atoms with Gasteiger partial charge in [-0.25, -0.2) is 9.37 Å². The van der Waals surface area contributed by atoms with Gasteiger partial charge in [0.05, 0.1) is 6.54 Å². The summed E-state index contributed by atoms with van der Waals surface area (Å²) in [5.41, 5.74) is 2.41. The smallest absolute Gasteiger partial charge is 0.254 e. The van der Waals surface area contributed by atoms with E-state index in [4.69, 9.17) is 0 Å². The molecule has 1 amide bonds. The molecule has 3 rings (SSSR count). The van der Waals surface area contributed by atoms with Gasteiger partial charge in [-0.3, -0.25) is 4.79 Å². The van der Waals surface area contributed by atoms with Crippen molar-refractivity contribution in [3.63, 3.8) is 0 Å². The quantitative estimate of drug-likeness (QED) is 0.575. The van der Waals surface area contributed by atoms with Gasteiger partial charge in [-0.2, -0.15) is 12.1 Å². The van der Waals surface area contributed by atoms with Crippen molar-refractivity contribution in [2.24, 2.45) is 0 Å². The summed E-state index contributed by atoms with van der Waals surface area (Å²) >= 11 is 0. The second kappa shape index (κ2) is 9.17. The van der Waals surface area contributed by atoms with E-state index >= 15 is 0 Å². The number of fused-ring (bicyclic) bond motifs is 1. The Balaban J connectivity index is 0.00000144. The average Bonchev–Trinajstić information content (AvgIpc) is 2.85. The molecule has 4 nitrogen and oxygen atoms in total. The second-order valence-corrected chi connectivity index (χ2v) is 5.34. The van der Waals surface area contributed by atoms with Gasteiger partial charge in [0.1, 0.15) is 5.82 Å². The van der Waals surface area contributed by atoms with E-state index in [1.165, 1.54) is 6.07 Å². The minimum atomic E-state index is -0.385. The zero-order valence-corrected chi connectivity index (χ0v) is 19.3. The fraction of sp³-hybridized carbons (Fsp3) is 0.294. The minimum Gasteiger partial charge on any atom is -0.365 e. The molecular weight excluding hydrogens is 554 g/mol. The third-order valence-electron chi connectivity index (χ3n) is 3.95. The van der Waals surface area contributed by atoms with E-state index in [1.54, 1.807) is 23.2 Å². The summed E-state index contributed by atoms with van der Waals surface area (Å²) in [5.74, 6) is 0.336. The summed E-state index contributed by atoms with van der Waals surface area (Å²) in [6, 6.07) is 8.95. The van der Waals surface area contributed by atoms with Gasteiger partial charge in [-0.15, -0.1) is 17.7 Å². The molecule has 123 valence electrons. The minimum absolute atomic E-state index is 0. The van der Waals surface area contributed by atoms with Crippen LogP contribution in [0.25, 0.3) is 0 Å². The number of halogens is 1. The van der Waals surface area contributed by atoms with Crippen LogP contribution in [-0.2, 0) is 60.3 Å². The Bertz CT molecular complexity index is 729. The van der Waals surface area contributed by atoms with Crippen molar-refractivity contribution in [3.05, 3.63) is 59.0 Å². The molecule has 0 saturated heterocycles. The van der Waals surface area contributed by atoms with Crippen LogP contribution in [-0.4, -0.2) is 22.3 Å². The van der Waals surface area contributed by atoms with Crippen LogP contribution in [0.4, 0.5) is 10.2 Å². The monoisotopic (exact) mass is 571 g/mol. The van der Waals surface area contributed by atoms with E-state index in [-0.39, 0.29) is 71.5 Å². The molecule has 0 saturated carbocycles. The zero-order chi connectivity index (χ0) is 15.7. The fourth-order valence-electron chi connectivity index (χ4n) is 2.68. The van der Waals surface area contributed by atoms with E-state index in [2.05, 4.69) is 16.4 Å². The summed E-state index contributed by atoms with van der Waals surface area (Å²) in [5, 5.41) is 3.28. The third-order valence-corrected chi connectivity index (χ3v) is 3.95. The van der Waals surface area contributed by atoms with Crippen molar-refractivity contribution < 1.29 is 63.0 Å². The van der Waals surface area contributed by atoms with Crippen LogP contribution >= 0.6 is 0 Å². The topological polar surface area (TPSA) is 45.2 Å². The molecule has 0 bridgehead atoms. The fourth-order valence-corrected chi connectivity index (χ4v) is 2.68. The van der Waals surface area contributed by atoms with Crippen LogP contribution in [0.3, 0.4) is 0 Å². The zero-order valence-electron chi connectivity index (χ0n) is 13.5. The van der Waals surface area contributed by atoms with Crippen molar-refractivity contribution in [1.82, 2.24) is 9.88 Å². The Hall–Kier alpha value is -0.638. The molecule has 1 unspecified atom stereocenters. The Morgan fingerprint density at radius 1 is 1.46 bits per heavy atom. The molecule has 1 radical (unpaired) electrons. The number of benzene rings is 1. The molecule has 0 fully saturated rings. The molecular formula is C17H17FN3OWY-. The van der Waals surface area contributed by atoms with Gasteiger partial charge in [0, 0.05) is 89.5 Å². The summed E-state index contributed by atoms with van der Waals surface area (Å²) < 4.78 is 13.3. The molecule has 2 heterocycles. The summed E-state index contributed by atoms with van der Waals surface area (Å²) in [4.78, 5) is 18.3. The number of hydrogen-bond acceptors (Lipinski definition) is 3. The molecule has 0 spiro atoms. The predicted octanol–water partition coefficient (Wildman–Crippen LogP) is 3.16. The first-order valence-corrected chi connectivity index (χ1v) is 7.31. The molecule has 0 aliphatic carbocycles. The van der Waals surface area contributed by atoms with Gasteiger partial charge < -0.3 is 10.2 Å². The van der Waals surface area contributed by atoms with Crippen molar-refractivity contribution in [1.29, 1.82) is 0 Å². The number of hydrogen-bond donors (Lipinski definition) is 1. The molecule has 2 aromatic rings. The number of pyridine rings is 1. The van der Waals surface area contributed by atoms with Crippen LogP contribution in [0, 0.1) is 11.9 Å². The average molecular weight is 571 g/mol. The summed E-state index contributed by atoms with van der Waals surface area (Å²) in [6.45, 7) is 5.12. The van der Waals surface area contributed by atoms with Crippen LogP contribution in [0.2, 0.25) is 0 Å². The Morgan fingerprint density at radius 2 is 2.21 bits per heavy atom. The molecule has 1 aromatic heterocycles. The summed E-state index contributed by atoms with van der Waals surface area (Å²) in [7, 11) is 0. The van der Waals surface area contributed by atoms with Crippen LogP contribution in [0.15, 0.2) is 30.5 Å². The van der Waals surface area contributed by atoms with Crippen LogP contribution < -0.4 is 5.32 Å². The van der Waals surface area contributed by atoms with E-state index in [0.29, 0.717) is 24.5 Å². The predicted molar refractivity (Wildman–Crippen MR) is 81.9 cm³/mol. The largest absolute Gasteiger partial charge is 0.365 e. The maximum absolute atomic E-state index is 13.3. The Kier molecular flexibility index (Phi) is 8.18. The number of rotatable bonds is 4. The Labute approximate surface area is 180 Å². The number of carbonyl (C=O) groups is 1. The van der Waals surface area contributed by atoms with Gasteiger partial charge in [-0.05, 0) is 19.9 Å². The third kappa shape index (κ3) is 4.30. The summed E-state index contributed by atoms with van der Waals surface area (Å²) in [6.07, 6.45) is 1.63. The SMILES string of the molecule is CCN1Cc2c(ccnc2NC(C)c2cc[c-]c(F)c2)C1=O.[W].[Y]. The van der Waals surface area contributed by atoms with Gasteiger partial charge in [0.15, 0.2) is 0 Å². The molecule has 1 aliphatic heterocycles. The van der Waals surface area contributed by atoms with Gasteiger partial charge in [0.25, 0.3) is 5.91 Å². The molecule has 1 aromatic carbocycles. The van der Waals surface area contributed by atoms with Gasteiger partial charge in [-0.1, -0.05) is 0 Å². The van der Waals surface area contributed by atoms with Crippen molar-refractivity contribution in [3.8, 4) is 0 Å². The molecule has 24 heavy (non-hydrogen) atoms. The number of carbonyl (C=O) groups excluding carboxylic acids is 1. The van der Waals surface area contributed by atoms with E-state index < -0.39 is 0 Å². The first-order valence-electron chi connectivity index (χ1n) is 7.31. The number of nitrogens with one attached hydrogen (secondary N) is 1. The van der Waals surface area contributed by atoms with Gasteiger partial charge in [0.2, 0.25) is 0 Å². The van der Waals surface area contributed by atoms with Gasteiger partial charge >= 0.3 is 0 Å². The maximum Gasteiger partial charge on any atom is 0.254 e. The Morgan fingerprint density at radius 3 is 2.88 bits per heavy atom. The number of nitrogens with zero attached hydrogens (tertiary/aromatic N) is 2. The van der Waals surface area contributed by atoms with E-state index in [1.807, 2.05) is 19.9 Å². The molecule has 7 heteroatoms. The van der Waals surface area contributed by atoms with E-state index in [9.17, 15) is 9.18 Å². The number of aromatic nitrogens is 1. The molecule has 1 atom stereocenters. The maximum atomic E-state index is 13.3. The first kappa shape index (κ1) is 21.4. The standard InChI is InChI=1S/C17H17FN3O.W.Y/c1-3-21-10-15-14(17(21)22)7-8-19-16(15)20-11(2)12-5-4-6-13(18)9-12;;/h4-5,7-9,11H,3,10H2,1-2H3,(H,19,20);;/q-1;;. The normalized spacial score (nSPS) is 13.6.